The van der Waals surface area contributed by atoms with Gasteiger partial charge in [-0.1, -0.05) is 49.0 Å². The highest BCUT2D eigenvalue weighted by atomic mass is 16.6. The Kier molecular flexibility index (Phi) is 8.93. The van der Waals surface area contributed by atoms with Crippen LogP contribution in [0.15, 0.2) is 66.7 Å². The molecule has 0 heterocycles. The molecule has 0 bridgehead atoms. The lowest BCUT2D eigenvalue weighted by Crippen LogP contribution is -2.25. The summed E-state index contributed by atoms with van der Waals surface area (Å²) in [6.07, 6.45) is -1.02. The summed E-state index contributed by atoms with van der Waals surface area (Å²) in [6, 6.07) is 14.9. The van der Waals surface area contributed by atoms with Crippen LogP contribution < -0.4 is 0 Å². The molecule has 0 aromatic heterocycles. The van der Waals surface area contributed by atoms with Gasteiger partial charge in [-0.2, -0.15) is 0 Å². The number of hydrogen-bond donors (Lipinski definition) is 1. The monoisotopic (exact) mass is 412 g/mol. The van der Waals surface area contributed by atoms with Crippen molar-refractivity contribution in [1.29, 1.82) is 0 Å². The van der Waals surface area contributed by atoms with Crippen LogP contribution in [0, 0.1) is 0 Å². The second-order valence-electron chi connectivity index (χ2n) is 6.52. The van der Waals surface area contributed by atoms with Gasteiger partial charge in [0.1, 0.15) is 19.3 Å². The number of benzene rings is 2. The standard InChI is InChI=1S/C23H24O7/c1-16(2)22(26)29-13-12-28-14-20(24)15-30-23(27)19-10-8-18(9-11-19)21(25)17-6-4-3-5-7-17/h3-11,20,24H,1,12-15H2,2H3. The van der Waals surface area contributed by atoms with Crippen molar-refractivity contribution in [2.24, 2.45) is 0 Å². The molecule has 158 valence electrons. The number of hydrogen-bond acceptors (Lipinski definition) is 7. The van der Waals surface area contributed by atoms with Crippen LogP contribution in [0.4, 0.5) is 0 Å². The molecule has 1 N–H and O–H groups in total. The molecule has 0 saturated heterocycles. The van der Waals surface area contributed by atoms with Crippen LogP contribution in [0.25, 0.3) is 0 Å². The van der Waals surface area contributed by atoms with E-state index in [1.807, 2.05) is 6.07 Å². The summed E-state index contributed by atoms with van der Waals surface area (Å²) in [5.41, 5.74) is 1.57. The van der Waals surface area contributed by atoms with E-state index in [1.165, 1.54) is 19.1 Å². The zero-order chi connectivity index (χ0) is 21.9. The van der Waals surface area contributed by atoms with E-state index in [1.54, 1.807) is 36.4 Å². The molecule has 2 aromatic carbocycles. The van der Waals surface area contributed by atoms with Crippen LogP contribution in [0.3, 0.4) is 0 Å². The summed E-state index contributed by atoms with van der Waals surface area (Å²) >= 11 is 0. The highest BCUT2D eigenvalue weighted by molar-refractivity contribution is 6.09. The molecule has 2 aromatic rings. The lowest BCUT2D eigenvalue weighted by atomic mass is 10.0. The van der Waals surface area contributed by atoms with E-state index in [0.29, 0.717) is 16.7 Å². The van der Waals surface area contributed by atoms with Crippen LogP contribution in [0.1, 0.15) is 33.2 Å². The van der Waals surface area contributed by atoms with Gasteiger partial charge in [0.05, 0.1) is 18.8 Å². The minimum absolute atomic E-state index is 0.0340. The van der Waals surface area contributed by atoms with E-state index in [-0.39, 0.29) is 37.8 Å². The van der Waals surface area contributed by atoms with E-state index in [9.17, 15) is 19.5 Å². The first-order valence-electron chi connectivity index (χ1n) is 9.34. The van der Waals surface area contributed by atoms with Crippen molar-refractivity contribution >= 4 is 17.7 Å². The molecule has 0 amide bonds. The van der Waals surface area contributed by atoms with E-state index >= 15 is 0 Å². The zero-order valence-electron chi connectivity index (χ0n) is 16.7. The molecule has 2 rings (SSSR count). The molecular formula is C23H24O7. The molecule has 1 atom stereocenters. The number of rotatable bonds is 11. The molecule has 1 unspecified atom stereocenters. The van der Waals surface area contributed by atoms with Crippen LogP contribution in [-0.2, 0) is 19.0 Å². The Hall–Kier alpha value is -3.29. The second-order valence-corrected chi connectivity index (χ2v) is 6.52. The van der Waals surface area contributed by atoms with Crippen molar-refractivity contribution < 1.29 is 33.7 Å². The van der Waals surface area contributed by atoms with Crippen molar-refractivity contribution in [3.8, 4) is 0 Å². The molecule has 0 aliphatic rings. The van der Waals surface area contributed by atoms with Crippen molar-refractivity contribution in [3.05, 3.63) is 83.4 Å². The first-order chi connectivity index (χ1) is 14.4. The molecule has 7 nitrogen and oxygen atoms in total. The van der Waals surface area contributed by atoms with Gasteiger partial charge >= 0.3 is 11.9 Å². The normalized spacial score (nSPS) is 11.4. The van der Waals surface area contributed by atoms with Crippen LogP contribution in [0.5, 0.6) is 0 Å². The Balaban J connectivity index is 1.72. The highest BCUT2D eigenvalue weighted by Crippen LogP contribution is 2.12. The average molecular weight is 412 g/mol. The summed E-state index contributed by atoms with van der Waals surface area (Å²) in [5.74, 6) is -1.27. The zero-order valence-corrected chi connectivity index (χ0v) is 16.7. The Morgan fingerprint density at radius 2 is 1.47 bits per heavy atom. The molecular weight excluding hydrogens is 388 g/mol. The number of ketones is 1. The largest absolute Gasteiger partial charge is 0.460 e. The Labute approximate surface area is 174 Å². The summed E-state index contributed by atoms with van der Waals surface area (Å²) in [7, 11) is 0. The van der Waals surface area contributed by atoms with Crippen molar-refractivity contribution in [2.75, 3.05) is 26.4 Å². The topological polar surface area (TPSA) is 99.1 Å². The smallest absolute Gasteiger partial charge is 0.338 e. The van der Waals surface area contributed by atoms with Crippen LogP contribution >= 0.6 is 0 Å². The predicted octanol–water partition coefficient (Wildman–Crippen LogP) is 2.57. The molecule has 0 aliphatic heterocycles. The fraction of sp³-hybridized carbons (Fsp3) is 0.261. The molecule has 0 aliphatic carbocycles. The number of carbonyl (C=O) groups is 3. The van der Waals surface area contributed by atoms with Gasteiger partial charge in [0.25, 0.3) is 0 Å². The van der Waals surface area contributed by atoms with Gasteiger partial charge in [0.2, 0.25) is 0 Å². The maximum Gasteiger partial charge on any atom is 0.338 e. The van der Waals surface area contributed by atoms with Crippen molar-refractivity contribution in [2.45, 2.75) is 13.0 Å². The van der Waals surface area contributed by atoms with Crippen molar-refractivity contribution in [1.82, 2.24) is 0 Å². The fourth-order valence-electron chi connectivity index (χ4n) is 2.35. The molecule has 0 radical (unpaired) electrons. The Morgan fingerprint density at radius 3 is 2.10 bits per heavy atom. The quantitative estimate of drug-likeness (QED) is 0.262. The third kappa shape index (κ3) is 7.27. The van der Waals surface area contributed by atoms with Gasteiger partial charge in [-0.15, -0.1) is 0 Å². The third-order valence-corrected chi connectivity index (χ3v) is 3.95. The molecule has 0 spiro atoms. The molecule has 0 saturated carbocycles. The number of carbonyl (C=O) groups excluding carboxylic acids is 3. The molecule has 0 fully saturated rings. The summed E-state index contributed by atoms with van der Waals surface area (Å²) in [6.45, 7) is 4.79. The lowest BCUT2D eigenvalue weighted by Gasteiger charge is -2.12. The van der Waals surface area contributed by atoms with E-state index in [2.05, 4.69) is 6.58 Å². The van der Waals surface area contributed by atoms with Gasteiger partial charge in [0.15, 0.2) is 5.78 Å². The summed E-state index contributed by atoms with van der Waals surface area (Å²) < 4.78 is 15.1. The lowest BCUT2D eigenvalue weighted by molar-refractivity contribution is -0.140. The van der Waals surface area contributed by atoms with E-state index in [0.717, 1.165) is 0 Å². The summed E-state index contributed by atoms with van der Waals surface area (Å²) in [4.78, 5) is 35.6. The van der Waals surface area contributed by atoms with Crippen LogP contribution in [-0.4, -0.2) is 55.4 Å². The fourth-order valence-corrected chi connectivity index (χ4v) is 2.35. The van der Waals surface area contributed by atoms with Gasteiger partial charge in [-0.3, -0.25) is 4.79 Å². The highest BCUT2D eigenvalue weighted by Gasteiger charge is 2.13. The average Bonchev–Trinajstić information content (AvgIpc) is 2.77. The number of esters is 2. The van der Waals surface area contributed by atoms with Gasteiger partial charge in [0, 0.05) is 16.7 Å². The van der Waals surface area contributed by atoms with Gasteiger partial charge in [-0.05, 0) is 19.1 Å². The first-order valence-corrected chi connectivity index (χ1v) is 9.34. The maximum absolute atomic E-state index is 12.4. The van der Waals surface area contributed by atoms with Crippen molar-refractivity contribution in [3.63, 3.8) is 0 Å². The Bertz CT molecular complexity index is 872. The number of ether oxygens (including phenoxy) is 3. The maximum atomic E-state index is 12.4. The molecule has 30 heavy (non-hydrogen) atoms. The van der Waals surface area contributed by atoms with Gasteiger partial charge in [-0.25, -0.2) is 9.59 Å². The number of aliphatic hydroxyl groups excluding tert-OH is 1. The van der Waals surface area contributed by atoms with Gasteiger partial charge < -0.3 is 19.3 Å². The Morgan fingerprint density at radius 1 is 0.867 bits per heavy atom. The minimum Gasteiger partial charge on any atom is -0.460 e. The third-order valence-electron chi connectivity index (χ3n) is 3.95. The first kappa shape index (κ1) is 23.0. The summed E-state index contributed by atoms with van der Waals surface area (Å²) in [5, 5.41) is 9.82. The second kappa shape index (κ2) is 11.6. The minimum atomic E-state index is -1.02. The van der Waals surface area contributed by atoms with E-state index in [4.69, 9.17) is 14.2 Å². The van der Waals surface area contributed by atoms with Crippen LogP contribution in [0.2, 0.25) is 0 Å². The SMILES string of the molecule is C=C(C)C(=O)OCCOCC(O)COC(=O)c1ccc(C(=O)c2ccccc2)cc1. The predicted molar refractivity (Wildman–Crippen MR) is 109 cm³/mol. The van der Waals surface area contributed by atoms with E-state index < -0.39 is 18.0 Å². The molecule has 7 heteroatoms. The number of aliphatic hydroxyl groups is 1.